The highest BCUT2D eigenvalue weighted by molar-refractivity contribution is 5.95. The van der Waals surface area contributed by atoms with Crippen molar-refractivity contribution in [2.24, 2.45) is 0 Å². The van der Waals surface area contributed by atoms with E-state index >= 15 is 0 Å². The van der Waals surface area contributed by atoms with Gasteiger partial charge in [-0.1, -0.05) is 0 Å². The lowest BCUT2D eigenvalue weighted by Gasteiger charge is -2.11. The maximum absolute atomic E-state index is 14.0. The molecule has 0 bridgehead atoms. The zero-order valence-electron chi connectivity index (χ0n) is 16.2. The van der Waals surface area contributed by atoms with E-state index in [1.165, 1.54) is 26.4 Å². The summed E-state index contributed by atoms with van der Waals surface area (Å²) < 4.78 is 34.1. The number of hydrogen-bond acceptors (Lipinski definition) is 8. The molecule has 2 rings (SSSR count). The van der Waals surface area contributed by atoms with Crippen LogP contribution in [0.2, 0.25) is 0 Å². The van der Waals surface area contributed by atoms with E-state index in [9.17, 15) is 14.0 Å². The normalized spacial score (nSPS) is 10.3. The fourth-order valence-electron chi connectivity index (χ4n) is 2.47. The van der Waals surface area contributed by atoms with E-state index < -0.39 is 17.8 Å². The van der Waals surface area contributed by atoms with Crippen LogP contribution in [0.25, 0.3) is 0 Å². The maximum Gasteiger partial charge on any atom is 0.340 e. The Hall–Kier alpha value is -3.49. The van der Waals surface area contributed by atoms with Crippen LogP contribution >= 0.6 is 0 Å². The largest absolute Gasteiger partial charge is 0.494 e. The Labute approximate surface area is 167 Å². The van der Waals surface area contributed by atoms with Gasteiger partial charge >= 0.3 is 11.9 Å². The molecule has 0 aliphatic carbocycles. The van der Waals surface area contributed by atoms with Crippen molar-refractivity contribution in [1.82, 2.24) is 0 Å². The number of nitrogen functional groups attached to an aromatic ring is 2. The van der Waals surface area contributed by atoms with E-state index in [1.807, 2.05) is 0 Å². The predicted octanol–water partition coefficient (Wildman–Crippen LogP) is 2.80. The molecule has 2 aromatic carbocycles. The van der Waals surface area contributed by atoms with E-state index in [4.69, 9.17) is 20.9 Å². The number of carbonyl (C=O) groups excluding carboxylic acids is 2. The molecule has 29 heavy (non-hydrogen) atoms. The zero-order chi connectivity index (χ0) is 21.4. The predicted molar refractivity (Wildman–Crippen MR) is 105 cm³/mol. The summed E-state index contributed by atoms with van der Waals surface area (Å²) in [5.41, 5.74) is 12.1. The number of benzene rings is 2. The highest BCUT2D eigenvalue weighted by Gasteiger charge is 2.15. The lowest BCUT2D eigenvalue weighted by atomic mass is 10.1. The molecule has 0 aliphatic heterocycles. The van der Waals surface area contributed by atoms with Gasteiger partial charge in [-0.15, -0.1) is 0 Å². The minimum absolute atomic E-state index is 0.0396. The fraction of sp³-hybridized carbons (Fsp3) is 0.300. The second-order valence-corrected chi connectivity index (χ2v) is 6.01. The van der Waals surface area contributed by atoms with E-state index in [1.54, 1.807) is 12.1 Å². The molecule has 0 saturated carbocycles. The minimum Gasteiger partial charge on any atom is -0.494 e. The average Bonchev–Trinajstić information content (AvgIpc) is 2.71. The molecule has 0 atom stereocenters. The molecular formula is C20H23FN2O6. The van der Waals surface area contributed by atoms with Crippen LogP contribution in [0.15, 0.2) is 30.3 Å². The lowest BCUT2D eigenvalue weighted by Crippen LogP contribution is -2.08. The van der Waals surface area contributed by atoms with Gasteiger partial charge < -0.3 is 30.4 Å². The number of hydrogen-bond donors (Lipinski definition) is 2. The Morgan fingerprint density at radius 1 is 0.862 bits per heavy atom. The third-order valence-corrected chi connectivity index (χ3v) is 4.00. The van der Waals surface area contributed by atoms with Crippen molar-refractivity contribution in [2.45, 2.75) is 12.8 Å². The number of methoxy groups -OCH3 is 2. The second kappa shape index (κ2) is 10.2. The van der Waals surface area contributed by atoms with Crippen LogP contribution in [0.5, 0.6) is 11.5 Å². The summed E-state index contributed by atoms with van der Waals surface area (Å²) in [6, 6.07) is 6.94. The number of unbranched alkanes of at least 4 members (excludes halogenated alkanes) is 1. The highest BCUT2D eigenvalue weighted by Crippen LogP contribution is 2.25. The summed E-state index contributed by atoms with van der Waals surface area (Å²) in [4.78, 5) is 23.0. The smallest absolute Gasteiger partial charge is 0.340 e. The number of anilines is 2. The second-order valence-electron chi connectivity index (χ2n) is 6.01. The first-order chi connectivity index (χ1) is 13.9. The zero-order valence-corrected chi connectivity index (χ0v) is 16.2. The Balaban J connectivity index is 1.78. The van der Waals surface area contributed by atoms with Gasteiger partial charge in [0, 0.05) is 17.8 Å². The lowest BCUT2D eigenvalue weighted by molar-refractivity contribution is 0.0592. The highest BCUT2D eigenvalue weighted by atomic mass is 19.1. The topological polar surface area (TPSA) is 123 Å². The molecule has 4 N–H and O–H groups in total. The molecule has 0 fully saturated rings. The summed E-state index contributed by atoms with van der Waals surface area (Å²) in [6.07, 6.45) is 1.23. The molecule has 2 aromatic rings. The summed E-state index contributed by atoms with van der Waals surface area (Å²) in [7, 11) is 2.47. The van der Waals surface area contributed by atoms with Gasteiger partial charge in [-0.2, -0.15) is 0 Å². The van der Waals surface area contributed by atoms with Crippen LogP contribution in [-0.2, 0) is 9.47 Å². The molecule has 0 radical (unpaired) electrons. The van der Waals surface area contributed by atoms with Crippen LogP contribution in [0.1, 0.15) is 33.6 Å². The Bertz CT molecular complexity index is 888. The quantitative estimate of drug-likeness (QED) is 0.370. The molecule has 0 aromatic heterocycles. The Kier molecular flexibility index (Phi) is 7.64. The molecule has 0 amide bonds. The van der Waals surface area contributed by atoms with Crippen molar-refractivity contribution in [1.29, 1.82) is 0 Å². The van der Waals surface area contributed by atoms with Gasteiger partial charge in [0.15, 0.2) is 11.6 Å². The van der Waals surface area contributed by atoms with E-state index in [0.717, 1.165) is 6.07 Å². The van der Waals surface area contributed by atoms with Crippen LogP contribution < -0.4 is 20.9 Å². The van der Waals surface area contributed by atoms with Crippen LogP contribution in [0.3, 0.4) is 0 Å². The van der Waals surface area contributed by atoms with Crippen molar-refractivity contribution < 1.29 is 32.9 Å². The number of nitrogens with two attached hydrogens (primary N) is 2. The van der Waals surface area contributed by atoms with Crippen molar-refractivity contribution in [3.8, 4) is 11.5 Å². The monoisotopic (exact) mass is 406 g/mol. The molecule has 8 nitrogen and oxygen atoms in total. The molecule has 156 valence electrons. The Morgan fingerprint density at radius 3 is 2.07 bits per heavy atom. The summed E-state index contributed by atoms with van der Waals surface area (Å²) in [5, 5.41) is 0. The molecule has 0 aliphatic rings. The summed E-state index contributed by atoms with van der Waals surface area (Å²) >= 11 is 0. The first kappa shape index (κ1) is 21.8. The fourth-order valence-corrected chi connectivity index (χ4v) is 2.47. The maximum atomic E-state index is 14.0. The van der Waals surface area contributed by atoms with Gasteiger partial charge in [-0.25, -0.2) is 14.0 Å². The number of carbonyl (C=O) groups is 2. The first-order valence-corrected chi connectivity index (χ1v) is 8.78. The van der Waals surface area contributed by atoms with Crippen molar-refractivity contribution in [3.63, 3.8) is 0 Å². The molecule has 0 unspecified atom stereocenters. The molecular weight excluding hydrogens is 383 g/mol. The van der Waals surface area contributed by atoms with E-state index in [2.05, 4.69) is 9.47 Å². The van der Waals surface area contributed by atoms with Crippen molar-refractivity contribution in [2.75, 3.05) is 38.9 Å². The molecule has 0 saturated heterocycles. The third-order valence-electron chi connectivity index (χ3n) is 4.00. The van der Waals surface area contributed by atoms with Crippen molar-refractivity contribution >= 4 is 23.3 Å². The van der Waals surface area contributed by atoms with Gasteiger partial charge in [-0.05, 0) is 31.0 Å². The van der Waals surface area contributed by atoms with Gasteiger partial charge in [0.05, 0.1) is 44.2 Å². The summed E-state index contributed by atoms with van der Waals surface area (Å²) in [6.45, 7) is 0.618. The van der Waals surface area contributed by atoms with Gasteiger partial charge in [0.25, 0.3) is 0 Å². The average molecular weight is 406 g/mol. The van der Waals surface area contributed by atoms with Crippen molar-refractivity contribution in [3.05, 3.63) is 47.3 Å². The third kappa shape index (κ3) is 5.74. The number of esters is 2. The van der Waals surface area contributed by atoms with Gasteiger partial charge in [0.1, 0.15) is 5.75 Å². The Morgan fingerprint density at radius 2 is 1.45 bits per heavy atom. The SMILES string of the molecule is COC(=O)c1ccc(OCCCCOc2cc(N)c(C(=O)OC)cc2F)cc1N. The molecule has 9 heteroatoms. The molecule has 0 spiro atoms. The standard InChI is InChI=1S/C20H23FN2O6/c1-26-19(24)13-6-5-12(9-16(13)22)28-7-3-4-8-29-18-11-17(23)14(10-15(18)21)20(25)27-2/h5-6,9-11H,3-4,7-8,22-23H2,1-2H3. The minimum atomic E-state index is -0.717. The first-order valence-electron chi connectivity index (χ1n) is 8.78. The summed E-state index contributed by atoms with van der Waals surface area (Å²) in [5.74, 6) is -1.45. The van der Waals surface area contributed by atoms with Crippen LogP contribution in [-0.4, -0.2) is 39.4 Å². The number of halogens is 1. The van der Waals surface area contributed by atoms with Gasteiger partial charge in [0.2, 0.25) is 0 Å². The number of ether oxygens (including phenoxy) is 4. The molecule has 0 heterocycles. The van der Waals surface area contributed by atoms with Gasteiger partial charge in [-0.3, -0.25) is 0 Å². The van der Waals surface area contributed by atoms with E-state index in [-0.39, 0.29) is 34.9 Å². The van der Waals surface area contributed by atoms with Crippen LogP contribution in [0.4, 0.5) is 15.8 Å². The number of rotatable bonds is 9. The van der Waals surface area contributed by atoms with Crippen LogP contribution in [0, 0.1) is 5.82 Å². The van der Waals surface area contributed by atoms with E-state index in [0.29, 0.717) is 25.2 Å².